The van der Waals surface area contributed by atoms with Crippen molar-refractivity contribution in [2.24, 2.45) is 0 Å². The Morgan fingerprint density at radius 3 is 2.70 bits per heavy atom. The quantitative estimate of drug-likeness (QED) is 0.564. The highest BCUT2D eigenvalue weighted by Crippen LogP contribution is 2.25. The number of urea groups is 1. The predicted octanol–water partition coefficient (Wildman–Crippen LogP) is 2.52. The minimum absolute atomic E-state index is 0.0435. The number of carbonyl (C=O) groups is 2. The van der Waals surface area contributed by atoms with Crippen molar-refractivity contribution in [3.8, 4) is 5.75 Å². The molecule has 0 radical (unpaired) electrons. The number of likely N-dealkylation sites (N-methyl/N-ethyl adjacent to an activating group) is 1. The Morgan fingerprint density at radius 2 is 2.07 bits per heavy atom. The highest BCUT2D eigenvalue weighted by Gasteiger charge is 2.34. The van der Waals surface area contributed by atoms with E-state index in [4.69, 9.17) is 21.4 Å². The number of carboxylic acid groups (broad SMARTS) is 1. The van der Waals surface area contributed by atoms with E-state index in [-0.39, 0.29) is 24.7 Å². The lowest BCUT2D eigenvalue weighted by Crippen LogP contribution is -2.56. The lowest BCUT2D eigenvalue weighted by molar-refractivity contribution is -0.139. The van der Waals surface area contributed by atoms with Crippen LogP contribution in [0.1, 0.15) is 32.3 Å². The van der Waals surface area contributed by atoms with Gasteiger partial charge in [0.2, 0.25) is 0 Å². The van der Waals surface area contributed by atoms with Crippen LogP contribution in [0, 0.1) is 0 Å². The van der Waals surface area contributed by atoms with Crippen LogP contribution in [-0.4, -0.2) is 60.3 Å². The maximum absolute atomic E-state index is 12.1. The van der Waals surface area contributed by atoms with E-state index in [1.54, 1.807) is 6.07 Å². The molecule has 150 valence electrons. The fourth-order valence-corrected chi connectivity index (χ4v) is 3.46. The van der Waals surface area contributed by atoms with Crippen molar-refractivity contribution < 1.29 is 19.4 Å². The molecule has 0 aliphatic heterocycles. The van der Waals surface area contributed by atoms with Crippen molar-refractivity contribution in [3.05, 3.63) is 28.8 Å². The maximum Gasteiger partial charge on any atom is 0.317 e. The number of halogens is 1. The second-order valence-corrected chi connectivity index (χ2v) is 7.05. The number of carbonyl (C=O) groups excluding carboxylic acids is 1. The van der Waals surface area contributed by atoms with Gasteiger partial charge in [-0.1, -0.05) is 18.5 Å². The van der Waals surface area contributed by atoms with E-state index in [0.717, 1.165) is 24.2 Å². The van der Waals surface area contributed by atoms with Crippen LogP contribution in [0.2, 0.25) is 5.02 Å². The zero-order valence-electron chi connectivity index (χ0n) is 15.8. The summed E-state index contributed by atoms with van der Waals surface area (Å²) in [5, 5.41) is 15.3. The number of hydrogen-bond donors (Lipinski definition) is 3. The average Bonchev–Trinajstić information content (AvgIpc) is 2.58. The number of hydrogen-bond acceptors (Lipinski definition) is 4. The van der Waals surface area contributed by atoms with Gasteiger partial charge in [0, 0.05) is 23.7 Å². The highest BCUT2D eigenvalue weighted by atomic mass is 35.5. The molecule has 0 unspecified atom stereocenters. The molecular formula is C19H28ClN3O4. The van der Waals surface area contributed by atoms with E-state index in [0.29, 0.717) is 31.1 Å². The van der Waals surface area contributed by atoms with Gasteiger partial charge < -0.3 is 20.5 Å². The monoisotopic (exact) mass is 397 g/mol. The zero-order chi connectivity index (χ0) is 19.8. The zero-order valence-corrected chi connectivity index (χ0v) is 16.6. The first-order chi connectivity index (χ1) is 12.9. The Labute approximate surface area is 165 Å². The van der Waals surface area contributed by atoms with Crippen LogP contribution >= 0.6 is 11.6 Å². The van der Waals surface area contributed by atoms with Gasteiger partial charge in [-0.3, -0.25) is 9.69 Å². The smallest absolute Gasteiger partial charge is 0.317 e. The second-order valence-electron chi connectivity index (χ2n) is 6.61. The number of rotatable bonds is 10. The SMILES string of the molecule is CCOc1ccc(Cl)cc1CCNC(=O)NC1CC(N(CC)CC(=O)O)C1. The standard InChI is InChI=1S/C19H28ClN3O4/c1-3-23(12-18(24)25)16-10-15(11-16)22-19(26)21-8-7-13-9-14(20)5-6-17(13)27-4-2/h5-6,9,15-16H,3-4,7-8,10-12H2,1-2H3,(H,24,25)(H2,21,22,26). The molecule has 1 aromatic carbocycles. The van der Waals surface area contributed by atoms with Gasteiger partial charge in [-0.05, 0) is 56.5 Å². The van der Waals surface area contributed by atoms with Crippen molar-refractivity contribution in [2.45, 2.75) is 45.2 Å². The van der Waals surface area contributed by atoms with Crippen LogP contribution < -0.4 is 15.4 Å². The van der Waals surface area contributed by atoms with E-state index in [9.17, 15) is 9.59 Å². The van der Waals surface area contributed by atoms with E-state index in [2.05, 4.69) is 10.6 Å². The van der Waals surface area contributed by atoms with Gasteiger partial charge in [0.25, 0.3) is 0 Å². The first-order valence-corrected chi connectivity index (χ1v) is 9.72. The molecule has 0 saturated heterocycles. The molecule has 1 saturated carbocycles. The van der Waals surface area contributed by atoms with Crippen molar-refractivity contribution in [3.63, 3.8) is 0 Å². The number of aliphatic carboxylic acids is 1. The number of benzene rings is 1. The first kappa shape index (κ1) is 21.3. The Bertz CT molecular complexity index is 650. The summed E-state index contributed by atoms with van der Waals surface area (Å²) in [5.74, 6) is -0.0394. The van der Waals surface area contributed by atoms with Crippen molar-refractivity contribution in [1.29, 1.82) is 0 Å². The molecule has 7 nitrogen and oxygen atoms in total. The normalized spacial score (nSPS) is 18.7. The summed E-state index contributed by atoms with van der Waals surface area (Å²) in [6, 6.07) is 5.57. The Morgan fingerprint density at radius 1 is 1.33 bits per heavy atom. The predicted molar refractivity (Wildman–Crippen MR) is 105 cm³/mol. The van der Waals surface area contributed by atoms with Gasteiger partial charge in [-0.15, -0.1) is 0 Å². The molecule has 1 aliphatic rings. The largest absolute Gasteiger partial charge is 0.494 e. The van der Waals surface area contributed by atoms with E-state index in [1.165, 1.54) is 0 Å². The van der Waals surface area contributed by atoms with Gasteiger partial charge in [0.05, 0.1) is 13.2 Å². The molecule has 1 aliphatic carbocycles. The van der Waals surface area contributed by atoms with Gasteiger partial charge in [-0.25, -0.2) is 4.79 Å². The first-order valence-electron chi connectivity index (χ1n) is 9.34. The summed E-state index contributed by atoms with van der Waals surface area (Å²) in [7, 11) is 0. The van der Waals surface area contributed by atoms with Gasteiger partial charge >= 0.3 is 12.0 Å². The molecule has 2 amide bonds. The number of amides is 2. The summed E-state index contributed by atoms with van der Waals surface area (Å²) < 4.78 is 5.58. The minimum Gasteiger partial charge on any atom is -0.494 e. The third kappa shape index (κ3) is 6.59. The third-order valence-electron chi connectivity index (χ3n) is 4.71. The number of nitrogens with zero attached hydrogens (tertiary/aromatic N) is 1. The molecule has 0 bridgehead atoms. The Kier molecular flexibility index (Phi) is 8.19. The summed E-state index contributed by atoms with van der Waals surface area (Å²) in [6.45, 7) is 5.65. The van der Waals surface area contributed by atoms with Crippen LogP contribution in [0.4, 0.5) is 4.79 Å². The topological polar surface area (TPSA) is 90.9 Å². The summed E-state index contributed by atoms with van der Waals surface area (Å²) >= 11 is 6.04. The van der Waals surface area contributed by atoms with Crippen molar-refractivity contribution in [2.75, 3.05) is 26.2 Å². The van der Waals surface area contributed by atoms with E-state index in [1.807, 2.05) is 30.9 Å². The average molecular weight is 398 g/mol. The molecule has 27 heavy (non-hydrogen) atoms. The van der Waals surface area contributed by atoms with Crippen molar-refractivity contribution >= 4 is 23.6 Å². The van der Waals surface area contributed by atoms with Crippen LogP contribution in [0.15, 0.2) is 18.2 Å². The van der Waals surface area contributed by atoms with E-state index < -0.39 is 5.97 Å². The summed E-state index contributed by atoms with van der Waals surface area (Å²) in [6.07, 6.45) is 2.17. The van der Waals surface area contributed by atoms with Crippen LogP contribution in [0.5, 0.6) is 5.75 Å². The van der Waals surface area contributed by atoms with Crippen LogP contribution in [0.3, 0.4) is 0 Å². The van der Waals surface area contributed by atoms with Gasteiger partial charge in [-0.2, -0.15) is 0 Å². The molecular weight excluding hydrogens is 370 g/mol. The molecule has 0 atom stereocenters. The summed E-state index contributed by atoms with van der Waals surface area (Å²) in [5.41, 5.74) is 0.959. The fraction of sp³-hybridized carbons (Fsp3) is 0.579. The van der Waals surface area contributed by atoms with Crippen LogP contribution in [-0.2, 0) is 11.2 Å². The minimum atomic E-state index is -0.821. The van der Waals surface area contributed by atoms with Gasteiger partial charge in [0.15, 0.2) is 0 Å². The molecule has 2 rings (SSSR count). The molecule has 0 aromatic heterocycles. The number of carboxylic acids is 1. The maximum atomic E-state index is 12.1. The summed E-state index contributed by atoms with van der Waals surface area (Å²) in [4.78, 5) is 24.8. The molecule has 3 N–H and O–H groups in total. The molecule has 1 aromatic rings. The van der Waals surface area contributed by atoms with Gasteiger partial charge in [0.1, 0.15) is 5.75 Å². The third-order valence-corrected chi connectivity index (χ3v) is 4.95. The number of ether oxygens (including phenoxy) is 1. The Balaban J connectivity index is 1.71. The highest BCUT2D eigenvalue weighted by molar-refractivity contribution is 6.30. The molecule has 0 heterocycles. The molecule has 1 fully saturated rings. The lowest BCUT2D eigenvalue weighted by Gasteiger charge is -2.42. The van der Waals surface area contributed by atoms with Crippen molar-refractivity contribution in [1.82, 2.24) is 15.5 Å². The Hall–Kier alpha value is -1.99. The fourth-order valence-electron chi connectivity index (χ4n) is 3.26. The molecule has 8 heteroatoms. The van der Waals surface area contributed by atoms with E-state index >= 15 is 0 Å². The second kappa shape index (κ2) is 10.4. The molecule has 0 spiro atoms. The number of nitrogens with one attached hydrogen (secondary N) is 2. The lowest BCUT2D eigenvalue weighted by atomic mass is 9.85. The van der Waals surface area contributed by atoms with Crippen LogP contribution in [0.25, 0.3) is 0 Å².